The van der Waals surface area contributed by atoms with Crippen molar-refractivity contribution in [3.63, 3.8) is 0 Å². The summed E-state index contributed by atoms with van der Waals surface area (Å²) in [5.74, 6) is -0.586. The first-order valence-electron chi connectivity index (χ1n) is 7.70. The molecule has 1 N–H and O–H groups in total. The Bertz CT molecular complexity index is 886. The minimum Gasteiger partial charge on any atom is -0.469 e. The Labute approximate surface area is 154 Å². The van der Waals surface area contributed by atoms with E-state index in [-0.39, 0.29) is 11.9 Å². The van der Waals surface area contributed by atoms with Gasteiger partial charge in [-0.1, -0.05) is 46.6 Å². The summed E-state index contributed by atoms with van der Waals surface area (Å²) in [5.41, 5.74) is 3.83. The van der Waals surface area contributed by atoms with Crippen molar-refractivity contribution < 1.29 is 9.53 Å². The van der Waals surface area contributed by atoms with E-state index >= 15 is 0 Å². The van der Waals surface area contributed by atoms with E-state index < -0.39 is 0 Å². The van der Waals surface area contributed by atoms with Crippen LogP contribution in [0.15, 0.2) is 46.9 Å². The molecule has 0 aliphatic carbocycles. The monoisotopic (exact) mass is 405 g/mol. The molecule has 24 heavy (non-hydrogen) atoms. The molecular weight excluding hydrogens is 390 g/mol. The molecule has 124 valence electrons. The zero-order valence-electron chi connectivity index (χ0n) is 13.4. The maximum atomic E-state index is 12.3. The largest absolute Gasteiger partial charge is 0.469 e. The lowest BCUT2D eigenvalue weighted by atomic mass is 9.91. The third-order valence-electron chi connectivity index (χ3n) is 4.18. The number of hydrogen-bond acceptors (Lipinski definition) is 2. The minimum absolute atomic E-state index is 0.239. The number of aromatic amines is 1. The maximum Gasteiger partial charge on any atom is 0.313 e. The molecule has 2 aromatic carbocycles. The Morgan fingerprint density at radius 3 is 2.58 bits per heavy atom. The SMILES string of the molecule is CCC(C(=O)OC)c1c(-c2ccc(Br)cc2)[nH]c2ccc(Cl)cc12. The highest BCUT2D eigenvalue weighted by Gasteiger charge is 2.27. The standard InChI is InChI=1S/C19H17BrClNO2/c1-3-14(19(23)24-2)17-15-10-13(21)8-9-16(15)22-18(17)11-4-6-12(20)7-5-11/h4-10,14,22H,3H2,1-2H3. The summed E-state index contributed by atoms with van der Waals surface area (Å²) in [6.07, 6.45) is 0.648. The maximum absolute atomic E-state index is 12.3. The predicted octanol–water partition coefficient (Wildman–Crippen LogP) is 5.92. The zero-order valence-corrected chi connectivity index (χ0v) is 15.7. The van der Waals surface area contributed by atoms with Crippen molar-refractivity contribution in [2.45, 2.75) is 19.3 Å². The van der Waals surface area contributed by atoms with Crippen LogP contribution in [0.25, 0.3) is 22.2 Å². The van der Waals surface area contributed by atoms with E-state index in [1.807, 2.05) is 49.4 Å². The fourth-order valence-electron chi connectivity index (χ4n) is 3.02. The Balaban J connectivity index is 2.29. The van der Waals surface area contributed by atoms with Crippen LogP contribution in [0.1, 0.15) is 24.8 Å². The van der Waals surface area contributed by atoms with Crippen molar-refractivity contribution in [2.75, 3.05) is 7.11 Å². The number of carbonyl (C=O) groups excluding carboxylic acids is 1. The van der Waals surface area contributed by atoms with E-state index in [9.17, 15) is 4.79 Å². The molecular formula is C19H17BrClNO2. The summed E-state index contributed by atoms with van der Waals surface area (Å²) in [6.45, 7) is 1.98. The molecule has 0 radical (unpaired) electrons. The lowest BCUT2D eigenvalue weighted by Crippen LogP contribution is -2.14. The summed E-state index contributed by atoms with van der Waals surface area (Å²) in [6, 6.07) is 13.7. The van der Waals surface area contributed by atoms with Crippen molar-refractivity contribution in [2.24, 2.45) is 0 Å². The highest BCUT2D eigenvalue weighted by molar-refractivity contribution is 9.10. The van der Waals surface area contributed by atoms with E-state index in [0.717, 1.165) is 32.2 Å². The summed E-state index contributed by atoms with van der Waals surface area (Å²) < 4.78 is 6.03. The van der Waals surface area contributed by atoms with Gasteiger partial charge in [0.2, 0.25) is 0 Å². The van der Waals surface area contributed by atoms with E-state index in [2.05, 4.69) is 20.9 Å². The molecule has 0 amide bonds. The molecule has 1 aromatic heterocycles. The van der Waals surface area contributed by atoms with Gasteiger partial charge < -0.3 is 9.72 Å². The second-order valence-electron chi connectivity index (χ2n) is 5.59. The number of benzene rings is 2. The molecule has 0 aliphatic rings. The van der Waals surface area contributed by atoms with Crippen LogP contribution in [0.2, 0.25) is 5.02 Å². The van der Waals surface area contributed by atoms with Gasteiger partial charge in [-0.2, -0.15) is 0 Å². The Kier molecular flexibility index (Phi) is 4.97. The second kappa shape index (κ2) is 6.99. The van der Waals surface area contributed by atoms with Gasteiger partial charge in [-0.25, -0.2) is 0 Å². The molecule has 1 unspecified atom stereocenters. The normalized spacial score (nSPS) is 12.3. The number of halogens is 2. The second-order valence-corrected chi connectivity index (χ2v) is 6.95. The number of esters is 1. The zero-order chi connectivity index (χ0) is 17.3. The summed E-state index contributed by atoms with van der Waals surface area (Å²) in [5, 5.41) is 1.60. The summed E-state index contributed by atoms with van der Waals surface area (Å²) in [4.78, 5) is 15.8. The number of H-pyrrole nitrogens is 1. The lowest BCUT2D eigenvalue weighted by molar-refractivity contribution is -0.142. The fraction of sp³-hybridized carbons (Fsp3) is 0.211. The highest BCUT2D eigenvalue weighted by atomic mass is 79.9. The number of carbonyl (C=O) groups is 1. The van der Waals surface area contributed by atoms with Crippen molar-refractivity contribution in [1.82, 2.24) is 4.98 Å². The van der Waals surface area contributed by atoms with Crippen molar-refractivity contribution >= 4 is 44.4 Å². The van der Waals surface area contributed by atoms with E-state index in [1.165, 1.54) is 7.11 Å². The van der Waals surface area contributed by atoms with Gasteiger partial charge in [0.05, 0.1) is 18.7 Å². The number of nitrogens with one attached hydrogen (secondary N) is 1. The van der Waals surface area contributed by atoms with Gasteiger partial charge in [0.15, 0.2) is 0 Å². The van der Waals surface area contributed by atoms with E-state index in [0.29, 0.717) is 11.4 Å². The molecule has 0 aliphatic heterocycles. The molecule has 0 fully saturated rings. The highest BCUT2D eigenvalue weighted by Crippen LogP contribution is 2.38. The van der Waals surface area contributed by atoms with Gasteiger partial charge in [0, 0.05) is 20.4 Å². The van der Waals surface area contributed by atoms with Crippen LogP contribution in [0.3, 0.4) is 0 Å². The number of ether oxygens (including phenoxy) is 1. The Morgan fingerprint density at radius 2 is 1.96 bits per heavy atom. The molecule has 0 bridgehead atoms. The van der Waals surface area contributed by atoms with E-state index in [4.69, 9.17) is 16.3 Å². The van der Waals surface area contributed by atoms with Crippen LogP contribution in [0.5, 0.6) is 0 Å². The number of fused-ring (bicyclic) bond motifs is 1. The Hall–Kier alpha value is -1.78. The minimum atomic E-state index is -0.346. The van der Waals surface area contributed by atoms with Crippen LogP contribution in [-0.2, 0) is 9.53 Å². The Morgan fingerprint density at radius 1 is 1.25 bits per heavy atom. The third kappa shape index (κ3) is 3.08. The van der Waals surface area contributed by atoms with Crippen molar-refractivity contribution in [3.8, 4) is 11.3 Å². The molecule has 0 spiro atoms. The molecule has 1 heterocycles. The number of hydrogen-bond donors (Lipinski definition) is 1. The first-order valence-corrected chi connectivity index (χ1v) is 8.87. The van der Waals surface area contributed by atoms with Crippen LogP contribution in [0.4, 0.5) is 0 Å². The topological polar surface area (TPSA) is 42.1 Å². The van der Waals surface area contributed by atoms with Crippen LogP contribution in [0, 0.1) is 0 Å². The summed E-state index contributed by atoms with van der Waals surface area (Å²) in [7, 11) is 1.42. The fourth-order valence-corrected chi connectivity index (χ4v) is 3.46. The first-order chi connectivity index (χ1) is 11.5. The van der Waals surface area contributed by atoms with Crippen LogP contribution < -0.4 is 0 Å². The number of rotatable bonds is 4. The van der Waals surface area contributed by atoms with E-state index in [1.54, 1.807) is 0 Å². The molecule has 0 saturated heterocycles. The third-order valence-corrected chi connectivity index (χ3v) is 4.94. The van der Waals surface area contributed by atoms with Gasteiger partial charge in [-0.15, -0.1) is 0 Å². The average molecular weight is 407 g/mol. The molecule has 3 rings (SSSR count). The molecule has 1 atom stereocenters. The van der Waals surface area contributed by atoms with Gasteiger partial charge >= 0.3 is 5.97 Å². The first kappa shape index (κ1) is 17.1. The predicted molar refractivity (Wildman–Crippen MR) is 101 cm³/mol. The van der Waals surface area contributed by atoms with Gasteiger partial charge in [-0.3, -0.25) is 4.79 Å². The lowest BCUT2D eigenvalue weighted by Gasteiger charge is -2.15. The summed E-state index contributed by atoms with van der Waals surface area (Å²) >= 11 is 9.65. The van der Waals surface area contributed by atoms with Crippen LogP contribution >= 0.6 is 27.5 Å². The number of aromatic nitrogens is 1. The average Bonchev–Trinajstić information content (AvgIpc) is 2.94. The van der Waals surface area contributed by atoms with Gasteiger partial charge in [0.25, 0.3) is 0 Å². The number of methoxy groups -OCH3 is 1. The molecule has 3 aromatic rings. The van der Waals surface area contributed by atoms with Crippen molar-refractivity contribution in [1.29, 1.82) is 0 Å². The van der Waals surface area contributed by atoms with Crippen molar-refractivity contribution in [3.05, 3.63) is 57.5 Å². The van der Waals surface area contributed by atoms with Gasteiger partial charge in [0.1, 0.15) is 0 Å². The van der Waals surface area contributed by atoms with Gasteiger partial charge in [-0.05, 0) is 47.9 Å². The quantitative estimate of drug-likeness (QED) is 0.547. The smallest absolute Gasteiger partial charge is 0.313 e. The van der Waals surface area contributed by atoms with Crippen LogP contribution in [-0.4, -0.2) is 18.1 Å². The molecule has 5 heteroatoms. The molecule has 3 nitrogen and oxygen atoms in total. The molecule has 0 saturated carbocycles.